The Bertz CT molecular complexity index is 241. The number of aryl methyl sites for hydroxylation is 2. The summed E-state index contributed by atoms with van der Waals surface area (Å²) in [6.45, 7) is 4.13. The molecule has 1 nitrogen and oxygen atoms in total. The van der Waals surface area contributed by atoms with Gasteiger partial charge in [0.05, 0.1) is 0 Å². The van der Waals surface area contributed by atoms with Crippen LogP contribution in [0.4, 0.5) is 0 Å². The first kappa shape index (κ1) is 8.12. The standard InChI is InChI=1S/C10H14O/c1-3-8-5-6-9(4-2)10(11)7-8/h5-7,11H,3-4H2,1-2H3. The number of hydrogen-bond donors (Lipinski definition) is 1. The molecule has 0 saturated heterocycles. The van der Waals surface area contributed by atoms with Gasteiger partial charge in [0, 0.05) is 0 Å². The van der Waals surface area contributed by atoms with E-state index in [9.17, 15) is 5.11 Å². The van der Waals surface area contributed by atoms with Crippen molar-refractivity contribution in [3.63, 3.8) is 0 Å². The first-order chi connectivity index (χ1) is 5.27. The van der Waals surface area contributed by atoms with Gasteiger partial charge in [-0.15, -0.1) is 0 Å². The Morgan fingerprint density at radius 2 is 1.91 bits per heavy atom. The number of rotatable bonds is 2. The van der Waals surface area contributed by atoms with Crippen molar-refractivity contribution >= 4 is 0 Å². The molecule has 1 heteroatoms. The Labute approximate surface area is 67.7 Å². The average Bonchev–Trinajstić information content (AvgIpc) is 2.04. The average molecular weight is 150 g/mol. The summed E-state index contributed by atoms with van der Waals surface area (Å²) in [5.41, 5.74) is 2.22. The molecule has 0 saturated carbocycles. The molecular weight excluding hydrogens is 136 g/mol. The number of aromatic hydroxyl groups is 1. The molecule has 0 spiro atoms. The summed E-state index contributed by atoms with van der Waals surface area (Å²) in [6.07, 6.45) is 1.88. The highest BCUT2D eigenvalue weighted by atomic mass is 16.3. The second kappa shape index (κ2) is 3.42. The van der Waals surface area contributed by atoms with E-state index in [2.05, 4.69) is 13.0 Å². The fourth-order valence-electron chi connectivity index (χ4n) is 1.13. The summed E-state index contributed by atoms with van der Waals surface area (Å²) in [4.78, 5) is 0. The van der Waals surface area contributed by atoms with E-state index in [1.165, 1.54) is 5.56 Å². The van der Waals surface area contributed by atoms with E-state index in [1.54, 1.807) is 0 Å². The molecule has 1 rings (SSSR count). The van der Waals surface area contributed by atoms with Crippen LogP contribution in [0.1, 0.15) is 25.0 Å². The van der Waals surface area contributed by atoms with Gasteiger partial charge in [0.1, 0.15) is 5.75 Å². The fraction of sp³-hybridized carbons (Fsp3) is 0.400. The van der Waals surface area contributed by atoms with Crippen molar-refractivity contribution in [1.29, 1.82) is 0 Å². The molecule has 11 heavy (non-hydrogen) atoms. The lowest BCUT2D eigenvalue weighted by atomic mass is 10.1. The van der Waals surface area contributed by atoms with Crippen LogP contribution in [0.5, 0.6) is 5.75 Å². The highest BCUT2D eigenvalue weighted by Gasteiger charge is 1.98. The quantitative estimate of drug-likeness (QED) is 0.686. The topological polar surface area (TPSA) is 20.2 Å². The van der Waals surface area contributed by atoms with Crippen molar-refractivity contribution in [2.24, 2.45) is 0 Å². The minimum atomic E-state index is 0.437. The predicted octanol–water partition coefficient (Wildman–Crippen LogP) is 2.52. The number of phenolic OH excluding ortho intramolecular Hbond substituents is 1. The third kappa shape index (κ3) is 1.73. The van der Waals surface area contributed by atoms with Gasteiger partial charge < -0.3 is 5.11 Å². The number of phenols is 1. The van der Waals surface area contributed by atoms with Crippen LogP contribution in [0.2, 0.25) is 0 Å². The van der Waals surface area contributed by atoms with Crippen LogP contribution in [0.25, 0.3) is 0 Å². The van der Waals surface area contributed by atoms with Gasteiger partial charge in [-0.1, -0.05) is 26.0 Å². The lowest BCUT2D eigenvalue weighted by Crippen LogP contribution is -1.84. The smallest absolute Gasteiger partial charge is 0.119 e. The Balaban J connectivity index is 2.99. The van der Waals surface area contributed by atoms with E-state index in [0.717, 1.165) is 18.4 Å². The second-order valence-corrected chi connectivity index (χ2v) is 2.67. The maximum atomic E-state index is 9.42. The van der Waals surface area contributed by atoms with Crippen molar-refractivity contribution in [1.82, 2.24) is 0 Å². The zero-order valence-electron chi connectivity index (χ0n) is 7.09. The maximum absolute atomic E-state index is 9.42. The van der Waals surface area contributed by atoms with E-state index in [-0.39, 0.29) is 0 Å². The minimum Gasteiger partial charge on any atom is -0.508 e. The zero-order valence-corrected chi connectivity index (χ0v) is 7.09. The largest absolute Gasteiger partial charge is 0.508 e. The second-order valence-electron chi connectivity index (χ2n) is 2.67. The third-order valence-electron chi connectivity index (χ3n) is 1.94. The van der Waals surface area contributed by atoms with Crippen molar-refractivity contribution in [2.75, 3.05) is 0 Å². The fourth-order valence-corrected chi connectivity index (χ4v) is 1.13. The van der Waals surface area contributed by atoms with E-state index < -0.39 is 0 Å². The molecule has 0 aliphatic rings. The minimum absolute atomic E-state index is 0.437. The van der Waals surface area contributed by atoms with Crippen molar-refractivity contribution in [3.8, 4) is 5.75 Å². The molecule has 0 unspecified atom stereocenters. The lowest BCUT2D eigenvalue weighted by molar-refractivity contribution is 0.468. The molecule has 1 aromatic carbocycles. The summed E-state index contributed by atoms with van der Waals surface area (Å²) >= 11 is 0. The summed E-state index contributed by atoms with van der Waals surface area (Å²) in [5, 5.41) is 9.42. The first-order valence-electron chi connectivity index (χ1n) is 4.08. The third-order valence-corrected chi connectivity index (χ3v) is 1.94. The number of hydrogen-bond acceptors (Lipinski definition) is 1. The van der Waals surface area contributed by atoms with Gasteiger partial charge in [0.2, 0.25) is 0 Å². The van der Waals surface area contributed by atoms with Crippen LogP contribution in [0.15, 0.2) is 18.2 Å². The highest BCUT2D eigenvalue weighted by molar-refractivity contribution is 5.36. The van der Waals surface area contributed by atoms with Crippen LogP contribution < -0.4 is 0 Å². The summed E-state index contributed by atoms with van der Waals surface area (Å²) in [6, 6.07) is 5.91. The zero-order chi connectivity index (χ0) is 8.27. The molecule has 0 aromatic heterocycles. The summed E-state index contributed by atoms with van der Waals surface area (Å²) in [5.74, 6) is 0.437. The molecule has 0 amide bonds. The SMILES string of the molecule is CCc1ccc(CC)c(O)c1. The van der Waals surface area contributed by atoms with Crippen molar-refractivity contribution in [3.05, 3.63) is 29.3 Å². The molecule has 0 fully saturated rings. The summed E-state index contributed by atoms with van der Waals surface area (Å²) < 4.78 is 0. The molecule has 0 atom stereocenters. The van der Waals surface area contributed by atoms with Crippen LogP contribution in [0, 0.1) is 0 Å². The van der Waals surface area contributed by atoms with Gasteiger partial charge >= 0.3 is 0 Å². The molecule has 0 aliphatic carbocycles. The van der Waals surface area contributed by atoms with Gasteiger partial charge in [-0.25, -0.2) is 0 Å². The van der Waals surface area contributed by atoms with Crippen LogP contribution >= 0.6 is 0 Å². The Hall–Kier alpha value is -0.980. The molecular formula is C10H14O. The van der Waals surface area contributed by atoms with Crippen LogP contribution in [-0.2, 0) is 12.8 Å². The van der Waals surface area contributed by atoms with Gasteiger partial charge in [0.25, 0.3) is 0 Å². The normalized spacial score (nSPS) is 10.0. The van der Waals surface area contributed by atoms with Crippen LogP contribution in [-0.4, -0.2) is 5.11 Å². The maximum Gasteiger partial charge on any atom is 0.119 e. The Kier molecular flexibility index (Phi) is 2.53. The van der Waals surface area contributed by atoms with Crippen LogP contribution in [0.3, 0.4) is 0 Å². The van der Waals surface area contributed by atoms with Crippen molar-refractivity contribution < 1.29 is 5.11 Å². The van der Waals surface area contributed by atoms with Crippen molar-refractivity contribution in [2.45, 2.75) is 26.7 Å². The van der Waals surface area contributed by atoms with E-state index in [1.807, 2.05) is 19.1 Å². The molecule has 0 bridgehead atoms. The van der Waals surface area contributed by atoms with Gasteiger partial charge in [-0.3, -0.25) is 0 Å². The molecule has 0 aliphatic heterocycles. The predicted molar refractivity (Wildman–Crippen MR) is 46.9 cm³/mol. The number of benzene rings is 1. The van der Waals surface area contributed by atoms with Gasteiger partial charge in [-0.2, -0.15) is 0 Å². The Morgan fingerprint density at radius 1 is 1.18 bits per heavy atom. The van der Waals surface area contributed by atoms with E-state index in [4.69, 9.17) is 0 Å². The molecule has 0 radical (unpaired) electrons. The molecule has 1 N–H and O–H groups in total. The van der Waals surface area contributed by atoms with Gasteiger partial charge in [-0.05, 0) is 30.0 Å². The first-order valence-corrected chi connectivity index (χ1v) is 4.08. The van der Waals surface area contributed by atoms with E-state index >= 15 is 0 Å². The monoisotopic (exact) mass is 150 g/mol. The lowest BCUT2D eigenvalue weighted by Gasteiger charge is -2.02. The van der Waals surface area contributed by atoms with E-state index in [0.29, 0.717) is 5.75 Å². The summed E-state index contributed by atoms with van der Waals surface area (Å²) in [7, 11) is 0. The van der Waals surface area contributed by atoms with Gasteiger partial charge in [0.15, 0.2) is 0 Å². The molecule has 60 valence electrons. The Morgan fingerprint density at radius 3 is 2.36 bits per heavy atom. The highest BCUT2D eigenvalue weighted by Crippen LogP contribution is 2.19. The molecule has 0 heterocycles. The molecule has 1 aromatic rings.